The summed E-state index contributed by atoms with van der Waals surface area (Å²) in [5.74, 6) is -5.97. The third-order valence-corrected chi connectivity index (χ3v) is 2.91. The summed E-state index contributed by atoms with van der Waals surface area (Å²) in [6.07, 6.45) is -0.627. The Labute approximate surface area is 85.1 Å². The van der Waals surface area contributed by atoms with Gasteiger partial charge in [-0.25, -0.2) is 0 Å². The summed E-state index contributed by atoms with van der Waals surface area (Å²) < 4.78 is 58.4. The molecule has 1 N–H and O–H groups in total. The third kappa shape index (κ3) is 3.69. The van der Waals surface area contributed by atoms with Crippen LogP contribution in [0.2, 0.25) is 0 Å². The molecule has 1 fully saturated rings. The van der Waals surface area contributed by atoms with Gasteiger partial charge in [0.05, 0.1) is 0 Å². The van der Waals surface area contributed by atoms with Gasteiger partial charge >= 0.3 is 16.1 Å². The Morgan fingerprint density at radius 3 is 2.60 bits per heavy atom. The zero-order chi connectivity index (χ0) is 11.7. The molecule has 1 rings (SSSR count). The Morgan fingerprint density at radius 1 is 1.47 bits per heavy atom. The number of halogens is 3. The molecule has 0 saturated carbocycles. The Bertz CT molecular complexity index is 354. The second-order valence-electron chi connectivity index (χ2n) is 3.47. The molecule has 1 aliphatic heterocycles. The maximum absolute atomic E-state index is 12.8. The van der Waals surface area contributed by atoms with Gasteiger partial charge in [-0.3, -0.25) is 4.79 Å². The fraction of sp³-hybridized carbons (Fsp3) is 0.857. The molecule has 0 aromatic rings. The predicted molar refractivity (Wildman–Crippen MR) is 45.6 cm³/mol. The van der Waals surface area contributed by atoms with Crippen molar-refractivity contribution in [1.29, 1.82) is 0 Å². The lowest BCUT2D eigenvalue weighted by molar-refractivity contribution is -0.145. The van der Waals surface area contributed by atoms with Crippen molar-refractivity contribution in [2.75, 3.05) is 5.75 Å². The van der Waals surface area contributed by atoms with Gasteiger partial charge in [-0.2, -0.15) is 17.2 Å². The first-order valence-corrected chi connectivity index (χ1v) is 5.87. The summed E-state index contributed by atoms with van der Waals surface area (Å²) in [7, 11) is -4.76. The van der Waals surface area contributed by atoms with Crippen molar-refractivity contribution in [1.82, 2.24) is 5.32 Å². The molecule has 0 spiro atoms. The van der Waals surface area contributed by atoms with Crippen LogP contribution >= 0.6 is 0 Å². The van der Waals surface area contributed by atoms with E-state index in [1.165, 1.54) is 0 Å². The van der Waals surface area contributed by atoms with Crippen LogP contribution in [0.25, 0.3) is 0 Å². The van der Waals surface area contributed by atoms with E-state index in [0.29, 0.717) is 0 Å². The molecule has 1 amide bonds. The normalized spacial score (nSPS) is 26.9. The van der Waals surface area contributed by atoms with Crippen molar-refractivity contribution in [2.24, 2.45) is 0 Å². The molecule has 0 aromatic carbocycles. The number of carbonyl (C=O) groups excluding carboxylic acids is 1. The van der Waals surface area contributed by atoms with Gasteiger partial charge in [0.25, 0.3) is 5.91 Å². The van der Waals surface area contributed by atoms with Gasteiger partial charge in [-0.05, 0) is 12.8 Å². The predicted octanol–water partition coefficient (Wildman–Crippen LogP) is 0.590. The maximum Gasteiger partial charge on any atom is 0.324 e. The van der Waals surface area contributed by atoms with E-state index >= 15 is 0 Å². The van der Waals surface area contributed by atoms with Gasteiger partial charge in [0.1, 0.15) is 5.75 Å². The molecule has 8 heteroatoms. The zero-order valence-corrected chi connectivity index (χ0v) is 8.49. The van der Waals surface area contributed by atoms with Crippen molar-refractivity contribution < 1.29 is 25.9 Å². The molecular weight excluding hydrogens is 235 g/mol. The molecule has 4 nitrogen and oxygen atoms in total. The number of carbonyl (C=O) groups is 1. The quantitative estimate of drug-likeness (QED) is 0.724. The highest BCUT2D eigenvalue weighted by Crippen LogP contribution is 2.25. The van der Waals surface area contributed by atoms with Crippen LogP contribution in [0.3, 0.4) is 0 Å². The number of hydrogen-bond acceptors (Lipinski definition) is 3. The topological polar surface area (TPSA) is 63.2 Å². The maximum atomic E-state index is 12.8. The van der Waals surface area contributed by atoms with Gasteiger partial charge in [0.15, 0.2) is 0 Å². The molecule has 0 aliphatic carbocycles. The molecule has 0 radical (unpaired) electrons. The van der Waals surface area contributed by atoms with Crippen LogP contribution in [-0.4, -0.2) is 32.0 Å². The van der Waals surface area contributed by atoms with E-state index < -0.39 is 40.3 Å². The fourth-order valence-corrected chi connectivity index (χ4v) is 2.14. The van der Waals surface area contributed by atoms with Crippen molar-refractivity contribution in [3.05, 3.63) is 0 Å². The smallest absolute Gasteiger partial charge is 0.324 e. The van der Waals surface area contributed by atoms with E-state index in [0.717, 1.165) is 0 Å². The highest BCUT2D eigenvalue weighted by Gasteiger charge is 2.41. The Hall–Kier alpha value is -0.790. The minimum atomic E-state index is -4.76. The minimum Gasteiger partial charge on any atom is -0.347 e. The first-order valence-electron chi connectivity index (χ1n) is 4.32. The van der Waals surface area contributed by atoms with E-state index in [9.17, 15) is 25.9 Å². The van der Waals surface area contributed by atoms with Crippen LogP contribution in [0, 0.1) is 0 Å². The molecular formula is C7H10F3NO3S. The minimum absolute atomic E-state index is 0.0219. The van der Waals surface area contributed by atoms with Crippen LogP contribution in [0.15, 0.2) is 0 Å². The molecule has 1 aliphatic rings. The van der Waals surface area contributed by atoms with Crippen molar-refractivity contribution >= 4 is 16.1 Å². The van der Waals surface area contributed by atoms with Crippen molar-refractivity contribution in [3.8, 4) is 0 Å². The van der Waals surface area contributed by atoms with Crippen molar-refractivity contribution in [3.63, 3.8) is 0 Å². The molecule has 88 valence electrons. The molecule has 1 saturated heterocycles. The summed E-state index contributed by atoms with van der Waals surface area (Å²) in [5, 5.41) is 1.82. The van der Waals surface area contributed by atoms with Gasteiger partial charge < -0.3 is 5.32 Å². The summed E-state index contributed by atoms with van der Waals surface area (Å²) in [4.78, 5) is 10.9. The van der Waals surface area contributed by atoms with Gasteiger partial charge in [-0.1, -0.05) is 0 Å². The van der Waals surface area contributed by atoms with Crippen LogP contribution in [-0.2, 0) is 15.0 Å². The molecule has 15 heavy (non-hydrogen) atoms. The van der Waals surface area contributed by atoms with E-state index in [-0.39, 0.29) is 12.8 Å². The Kier molecular flexibility index (Phi) is 3.27. The lowest BCUT2D eigenvalue weighted by Crippen LogP contribution is -2.44. The Balaban J connectivity index is 2.69. The molecule has 1 atom stereocenters. The highest BCUT2D eigenvalue weighted by atomic mass is 32.3. The largest absolute Gasteiger partial charge is 0.347 e. The Morgan fingerprint density at radius 2 is 2.07 bits per heavy atom. The monoisotopic (exact) mass is 245 g/mol. The van der Waals surface area contributed by atoms with Gasteiger partial charge in [0, 0.05) is 12.5 Å². The second-order valence-corrected chi connectivity index (χ2v) is 4.88. The summed E-state index contributed by atoms with van der Waals surface area (Å²) in [6, 6.07) is -1.07. The molecule has 0 bridgehead atoms. The lowest BCUT2D eigenvalue weighted by Gasteiger charge is -2.14. The second kappa shape index (κ2) is 3.99. The van der Waals surface area contributed by atoms with Crippen LogP contribution in [0.1, 0.15) is 19.3 Å². The number of nitrogens with one attached hydrogen (secondary N) is 1. The summed E-state index contributed by atoms with van der Waals surface area (Å²) in [5.41, 5.74) is 0. The standard InChI is InChI=1S/C7H10F3NO3S/c8-7(9)3-1-2-5(11-6(7)12)4-15(10,13)14/h5H,1-4H2,(H,11,12). The number of rotatable bonds is 2. The number of amides is 1. The summed E-state index contributed by atoms with van der Waals surface area (Å²) >= 11 is 0. The molecule has 0 aromatic heterocycles. The first-order chi connectivity index (χ1) is 6.71. The van der Waals surface area contributed by atoms with Crippen LogP contribution in [0.4, 0.5) is 12.7 Å². The lowest BCUT2D eigenvalue weighted by atomic mass is 10.1. The van der Waals surface area contributed by atoms with E-state index in [2.05, 4.69) is 0 Å². The molecule has 1 unspecified atom stereocenters. The average Bonchev–Trinajstić information content (AvgIpc) is 2.09. The number of hydrogen-bond donors (Lipinski definition) is 1. The summed E-state index contributed by atoms with van der Waals surface area (Å²) in [6.45, 7) is 0. The van der Waals surface area contributed by atoms with E-state index in [4.69, 9.17) is 0 Å². The third-order valence-electron chi connectivity index (χ3n) is 2.11. The van der Waals surface area contributed by atoms with Gasteiger partial charge in [0.2, 0.25) is 0 Å². The van der Waals surface area contributed by atoms with E-state index in [1.54, 1.807) is 0 Å². The van der Waals surface area contributed by atoms with Gasteiger partial charge in [-0.15, -0.1) is 3.89 Å². The SMILES string of the molecule is O=C1NC(CS(=O)(=O)F)CCCC1(F)F. The average molecular weight is 245 g/mol. The zero-order valence-electron chi connectivity index (χ0n) is 7.67. The fourth-order valence-electron chi connectivity index (χ4n) is 1.41. The highest BCUT2D eigenvalue weighted by molar-refractivity contribution is 7.86. The van der Waals surface area contributed by atoms with E-state index in [1.807, 2.05) is 5.32 Å². The number of alkyl halides is 2. The van der Waals surface area contributed by atoms with Crippen LogP contribution < -0.4 is 5.32 Å². The van der Waals surface area contributed by atoms with Crippen molar-refractivity contribution in [2.45, 2.75) is 31.2 Å². The van der Waals surface area contributed by atoms with Crippen LogP contribution in [0.5, 0.6) is 0 Å². The first kappa shape index (κ1) is 12.3. The molecule has 1 heterocycles.